The second-order valence-corrected chi connectivity index (χ2v) is 8.30. The number of aryl methyl sites for hydroxylation is 2. The Kier molecular flexibility index (Phi) is 7.36. The van der Waals surface area contributed by atoms with E-state index in [1.165, 1.54) is 22.5 Å². The monoisotopic (exact) mass is 420 g/mol. The fraction of sp³-hybridized carbons (Fsp3) is 0.292. The lowest BCUT2D eigenvalue weighted by atomic mass is 10.0. The maximum Gasteiger partial charge on any atom is 0.271 e. The fourth-order valence-electron chi connectivity index (χ4n) is 2.96. The first-order valence-electron chi connectivity index (χ1n) is 10.1. The lowest BCUT2D eigenvalue weighted by Crippen LogP contribution is -2.23. The molecule has 0 aliphatic rings. The number of aromatic nitrogens is 1. The van der Waals surface area contributed by atoms with Crippen molar-refractivity contribution in [2.24, 2.45) is 4.99 Å². The van der Waals surface area contributed by atoms with Crippen molar-refractivity contribution in [3.05, 3.63) is 80.8 Å². The summed E-state index contributed by atoms with van der Waals surface area (Å²) in [5.41, 5.74) is 6.05. The van der Waals surface area contributed by atoms with Crippen LogP contribution in [-0.2, 0) is 13.0 Å². The van der Waals surface area contributed by atoms with Crippen LogP contribution < -0.4 is 5.32 Å². The highest BCUT2D eigenvalue weighted by molar-refractivity contribution is 7.09. The van der Waals surface area contributed by atoms with E-state index in [2.05, 4.69) is 48.2 Å². The van der Waals surface area contributed by atoms with Gasteiger partial charge in [-0.15, -0.1) is 11.3 Å². The van der Waals surface area contributed by atoms with Crippen molar-refractivity contribution in [3.63, 3.8) is 0 Å². The summed E-state index contributed by atoms with van der Waals surface area (Å²) < 4.78 is 0. The molecule has 3 rings (SSSR count). The van der Waals surface area contributed by atoms with Gasteiger partial charge < -0.3 is 10.2 Å². The first kappa shape index (κ1) is 21.7. The fourth-order valence-corrected chi connectivity index (χ4v) is 3.76. The highest BCUT2D eigenvalue weighted by Gasteiger charge is 2.12. The second kappa shape index (κ2) is 10.2. The van der Waals surface area contributed by atoms with Crippen LogP contribution in [-0.4, -0.2) is 35.7 Å². The van der Waals surface area contributed by atoms with Gasteiger partial charge >= 0.3 is 0 Å². The average molecular weight is 421 g/mol. The molecule has 0 saturated carbocycles. The Morgan fingerprint density at radius 1 is 1.20 bits per heavy atom. The number of carbonyl (C=O) groups is 1. The minimum atomic E-state index is -0.140. The van der Waals surface area contributed by atoms with Crippen molar-refractivity contribution in [2.45, 2.75) is 33.7 Å². The summed E-state index contributed by atoms with van der Waals surface area (Å²) in [6, 6.07) is 14.2. The second-order valence-electron chi connectivity index (χ2n) is 7.35. The summed E-state index contributed by atoms with van der Waals surface area (Å²) in [5.74, 6) is -0.140. The molecule has 1 aromatic heterocycles. The first-order chi connectivity index (χ1) is 14.5. The minimum absolute atomic E-state index is 0.140. The summed E-state index contributed by atoms with van der Waals surface area (Å²) >= 11 is 1.52. The van der Waals surface area contributed by atoms with E-state index < -0.39 is 0 Å². The van der Waals surface area contributed by atoms with Gasteiger partial charge in [0.1, 0.15) is 5.69 Å². The Morgan fingerprint density at radius 3 is 2.70 bits per heavy atom. The zero-order valence-corrected chi connectivity index (χ0v) is 18.8. The normalized spacial score (nSPS) is 11.1. The number of aliphatic imine (C=N–C) groups is 1. The van der Waals surface area contributed by atoms with Crippen molar-refractivity contribution in [1.29, 1.82) is 0 Å². The third kappa shape index (κ3) is 5.76. The summed E-state index contributed by atoms with van der Waals surface area (Å²) in [4.78, 5) is 23.6. The molecule has 0 bridgehead atoms. The SMILES string of the molecule is CCN(C)C=Nc1cc(C)c(Cc2nc(C(=O)NCc3ccccc3)cs2)cc1C. The number of amides is 1. The van der Waals surface area contributed by atoms with Gasteiger partial charge in [-0.3, -0.25) is 4.79 Å². The molecule has 156 valence electrons. The molecule has 0 unspecified atom stereocenters. The molecular weight excluding hydrogens is 392 g/mol. The van der Waals surface area contributed by atoms with E-state index in [4.69, 9.17) is 0 Å². The summed E-state index contributed by atoms with van der Waals surface area (Å²) in [6.45, 7) is 7.69. The summed E-state index contributed by atoms with van der Waals surface area (Å²) in [6.07, 6.45) is 2.57. The molecule has 0 saturated heterocycles. The van der Waals surface area contributed by atoms with Gasteiger partial charge in [-0.25, -0.2) is 9.98 Å². The number of thiazole rings is 1. The van der Waals surface area contributed by atoms with Crippen LogP contribution in [0.3, 0.4) is 0 Å². The van der Waals surface area contributed by atoms with Gasteiger partial charge in [0.05, 0.1) is 17.0 Å². The van der Waals surface area contributed by atoms with Gasteiger partial charge in [0.2, 0.25) is 0 Å². The van der Waals surface area contributed by atoms with Gasteiger partial charge in [0.25, 0.3) is 5.91 Å². The third-order valence-corrected chi connectivity index (χ3v) is 5.82. The molecule has 1 heterocycles. The van der Waals surface area contributed by atoms with Gasteiger partial charge in [-0.05, 0) is 49.1 Å². The predicted molar refractivity (Wildman–Crippen MR) is 125 cm³/mol. The highest BCUT2D eigenvalue weighted by atomic mass is 32.1. The molecule has 0 radical (unpaired) electrons. The van der Waals surface area contributed by atoms with Crippen LogP contribution in [0.4, 0.5) is 5.69 Å². The van der Waals surface area contributed by atoms with Crippen LogP contribution in [0.5, 0.6) is 0 Å². The number of rotatable bonds is 8. The lowest BCUT2D eigenvalue weighted by molar-refractivity contribution is 0.0946. The lowest BCUT2D eigenvalue weighted by Gasteiger charge is -2.11. The molecule has 6 heteroatoms. The highest BCUT2D eigenvalue weighted by Crippen LogP contribution is 2.26. The topological polar surface area (TPSA) is 57.6 Å². The quantitative estimate of drug-likeness (QED) is 0.417. The van der Waals surface area contributed by atoms with Gasteiger partial charge in [0, 0.05) is 31.9 Å². The van der Waals surface area contributed by atoms with E-state index in [0.717, 1.165) is 28.4 Å². The molecule has 1 N–H and O–H groups in total. The van der Waals surface area contributed by atoms with Crippen LogP contribution >= 0.6 is 11.3 Å². The maximum absolute atomic E-state index is 12.4. The van der Waals surface area contributed by atoms with E-state index in [1.54, 1.807) is 0 Å². The number of nitrogens with zero attached hydrogens (tertiary/aromatic N) is 3. The van der Waals surface area contributed by atoms with E-state index in [1.807, 2.05) is 54.0 Å². The Hall–Kier alpha value is -2.99. The predicted octanol–water partition coefficient (Wildman–Crippen LogP) is 4.89. The maximum atomic E-state index is 12.4. The molecule has 0 spiro atoms. The standard InChI is InChI=1S/C24H28N4OS/c1-5-28(4)16-26-21-12-17(2)20(11-18(21)3)13-23-27-22(15-30-23)24(29)25-14-19-9-7-6-8-10-19/h6-12,15-16H,5,13-14H2,1-4H3,(H,25,29). The Balaban J connectivity index is 1.65. The van der Waals surface area contributed by atoms with E-state index in [9.17, 15) is 4.79 Å². The molecule has 0 atom stereocenters. The number of hydrogen-bond acceptors (Lipinski definition) is 4. The molecule has 1 amide bonds. The molecule has 3 aromatic rings. The largest absolute Gasteiger partial charge is 0.366 e. The molecular formula is C24H28N4OS. The van der Waals surface area contributed by atoms with E-state index >= 15 is 0 Å². The Morgan fingerprint density at radius 2 is 1.97 bits per heavy atom. The number of hydrogen-bond donors (Lipinski definition) is 1. The van der Waals surface area contributed by atoms with Crippen LogP contribution in [0.15, 0.2) is 52.8 Å². The van der Waals surface area contributed by atoms with Crippen molar-refractivity contribution in [3.8, 4) is 0 Å². The molecule has 5 nitrogen and oxygen atoms in total. The van der Waals surface area contributed by atoms with Gasteiger partial charge in [-0.1, -0.05) is 36.4 Å². The van der Waals surface area contributed by atoms with Crippen LogP contribution in [0.1, 0.15) is 44.7 Å². The summed E-state index contributed by atoms with van der Waals surface area (Å²) in [5, 5.41) is 5.70. The molecule has 2 aromatic carbocycles. The van der Waals surface area contributed by atoms with Crippen molar-refractivity contribution < 1.29 is 4.79 Å². The third-order valence-electron chi connectivity index (χ3n) is 4.97. The minimum Gasteiger partial charge on any atom is -0.366 e. The zero-order valence-electron chi connectivity index (χ0n) is 18.0. The van der Waals surface area contributed by atoms with E-state index in [-0.39, 0.29) is 5.91 Å². The number of nitrogens with one attached hydrogen (secondary N) is 1. The number of benzene rings is 2. The molecule has 0 fully saturated rings. The smallest absolute Gasteiger partial charge is 0.271 e. The number of carbonyl (C=O) groups excluding carboxylic acids is 1. The van der Waals surface area contributed by atoms with Crippen LogP contribution in [0.25, 0.3) is 0 Å². The Labute approximate surface area is 182 Å². The van der Waals surface area contributed by atoms with Gasteiger partial charge in [0.15, 0.2) is 0 Å². The summed E-state index contributed by atoms with van der Waals surface area (Å²) in [7, 11) is 2.01. The molecule has 0 aliphatic heterocycles. The van der Waals surface area contributed by atoms with Crippen molar-refractivity contribution in [1.82, 2.24) is 15.2 Å². The van der Waals surface area contributed by atoms with E-state index in [0.29, 0.717) is 18.7 Å². The first-order valence-corrected chi connectivity index (χ1v) is 10.9. The molecule has 0 aliphatic carbocycles. The van der Waals surface area contributed by atoms with Crippen molar-refractivity contribution >= 4 is 29.3 Å². The Bertz CT molecular complexity index is 1030. The van der Waals surface area contributed by atoms with Crippen molar-refractivity contribution in [2.75, 3.05) is 13.6 Å². The zero-order chi connectivity index (χ0) is 21.5. The average Bonchev–Trinajstić information content (AvgIpc) is 3.22. The van der Waals surface area contributed by atoms with Crippen LogP contribution in [0, 0.1) is 13.8 Å². The van der Waals surface area contributed by atoms with Gasteiger partial charge in [-0.2, -0.15) is 0 Å². The van der Waals surface area contributed by atoms with Crippen LogP contribution in [0.2, 0.25) is 0 Å². The molecule has 30 heavy (non-hydrogen) atoms.